The third-order valence-electron chi connectivity index (χ3n) is 2.50. The van der Waals surface area contributed by atoms with Crippen LogP contribution in [0.15, 0.2) is 35.6 Å². The van der Waals surface area contributed by atoms with Gasteiger partial charge in [0.1, 0.15) is 0 Å². The first-order valence-electron chi connectivity index (χ1n) is 4.55. The predicted octanol–water partition coefficient (Wildman–Crippen LogP) is 2.34. The summed E-state index contributed by atoms with van der Waals surface area (Å²) >= 11 is 5.76. The molecule has 4 heteroatoms. The van der Waals surface area contributed by atoms with E-state index >= 15 is 0 Å². The van der Waals surface area contributed by atoms with Crippen LogP contribution in [0.1, 0.15) is 18.5 Å². The van der Waals surface area contributed by atoms with E-state index in [9.17, 15) is 9.90 Å². The smallest absolute Gasteiger partial charge is 0.286 e. The Morgan fingerprint density at radius 3 is 2.40 bits per heavy atom. The number of nitrogens with one attached hydrogen (secondary N) is 1. The number of amides is 1. The van der Waals surface area contributed by atoms with E-state index in [0.29, 0.717) is 10.6 Å². The van der Waals surface area contributed by atoms with E-state index in [-0.39, 0.29) is 11.8 Å². The highest BCUT2D eigenvalue weighted by molar-refractivity contribution is 6.30. The van der Waals surface area contributed by atoms with Crippen LogP contribution in [0.25, 0.3) is 0 Å². The van der Waals surface area contributed by atoms with Crippen molar-refractivity contribution in [1.82, 2.24) is 5.32 Å². The van der Waals surface area contributed by atoms with Gasteiger partial charge < -0.3 is 10.4 Å². The Labute approximate surface area is 92.4 Å². The maximum atomic E-state index is 11.2. The van der Waals surface area contributed by atoms with Crippen LogP contribution < -0.4 is 5.32 Å². The van der Waals surface area contributed by atoms with Crippen LogP contribution in [0, 0.1) is 0 Å². The SMILES string of the molecule is CC1=C(O)C(=O)NC1c1ccc(Cl)cc1. The average molecular weight is 224 g/mol. The lowest BCUT2D eigenvalue weighted by molar-refractivity contribution is -0.119. The number of hydrogen-bond acceptors (Lipinski definition) is 2. The molecule has 1 heterocycles. The molecule has 0 saturated carbocycles. The van der Waals surface area contributed by atoms with Crippen LogP contribution in [-0.2, 0) is 4.79 Å². The number of rotatable bonds is 1. The summed E-state index contributed by atoms with van der Waals surface area (Å²) in [5.74, 6) is -0.609. The normalized spacial score (nSPS) is 20.7. The van der Waals surface area contributed by atoms with Gasteiger partial charge in [-0.3, -0.25) is 4.79 Å². The van der Waals surface area contributed by atoms with E-state index in [1.165, 1.54) is 0 Å². The molecule has 2 rings (SSSR count). The van der Waals surface area contributed by atoms with E-state index in [2.05, 4.69) is 5.32 Å². The molecule has 0 fully saturated rings. The molecular formula is C11H10ClNO2. The van der Waals surface area contributed by atoms with Gasteiger partial charge in [-0.25, -0.2) is 0 Å². The van der Waals surface area contributed by atoms with Crippen LogP contribution in [0.2, 0.25) is 5.02 Å². The Balaban J connectivity index is 2.35. The van der Waals surface area contributed by atoms with Crippen molar-refractivity contribution < 1.29 is 9.90 Å². The molecule has 0 radical (unpaired) electrons. The van der Waals surface area contributed by atoms with Crippen molar-refractivity contribution >= 4 is 17.5 Å². The number of halogens is 1. The zero-order valence-electron chi connectivity index (χ0n) is 8.12. The summed E-state index contributed by atoms with van der Waals surface area (Å²) < 4.78 is 0. The van der Waals surface area contributed by atoms with Crippen molar-refractivity contribution in [2.45, 2.75) is 13.0 Å². The van der Waals surface area contributed by atoms with Gasteiger partial charge in [0.15, 0.2) is 5.76 Å². The highest BCUT2D eigenvalue weighted by Crippen LogP contribution is 2.28. The highest BCUT2D eigenvalue weighted by Gasteiger charge is 2.29. The molecule has 15 heavy (non-hydrogen) atoms. The summed E-state index contributed by atoms with van der Waals surface area (Å²) in [6.45, 7) is 1.73. The Hall–Kier alpha value is -1.48. The van der Waals surface area contributed by atoms with E-state index in [4.69, 9.17) is 11.6 Å². The Morgan fingerprint density at radius 2 is 1.93 bits per heavy atom. The molecule has 1 aromatic rings. The topological polar surface area (TPSA) is 49.3 Å². The number of carbonyl (C=O) groups excluding carboxylic acids is 1. The van der Waals surface area contributed by atoms with Gasteiger partial charge in [-0.15, -0.1) is 0 Å². The third-order valence-corrected chi connectivity index (χ3v) is 2.75. The number of aliphatic hydroxyl groups is 1. The van der Waals surface area contributed by atoms with Gasteiger partial charge in [-0.1, -0.05) is 23.7 Å². The lowest BCUT2D eigenvalue weighted by atomic mass is 10.0. The predicted molar refractivity (Wildman–Crippen MR) is 57.7 cm³/mol. The minimum atomic E-state index is -0.424. The first kappa shape index (κ1) is 10.1. The molecule has 3 nitrogen and oxygen atoms in total. The van der Waals surface area contributed by atoms with E-state index in [1.807, 2.05) is 12.1 Å². The highest BCUT2D eigenvalue weighted by atomic mass is 35.5. The Kier molecular flexibility index (Phi) is 2.40. The van der Waals surface area contributed by atoms with Crippen LogP contribution in [0.3, 0.4) is 0 Å². The molecule has 1 unspecified atom stereocenters. The average Bonchev–Trinajstić information content (AvgIpc) is 2.47. The largest absolute Gasteiger partial charge is 0.503 e. The molecule has 1 atom stereocenters. The Bertz CT molecular complexity index is 436. The second-order valence-corrected chi connectivity index (χ2v) is 3.93. The molecule has 1 aliphatic heterocycles. The minimum Gasteiger partial charge on any atom is -0.503 e. The number of hydrogen-bond donors (Lipinski definition) is 2. The Morgan fingerprint density at radius 1 is 1.33 bits per heavy atom. The molecular weight excluding hydrogens is 214 g/mol. The number of carbonyl (C=O) groups is 1. The first-order valence-corrected chi connectivity index (χ1v) is 4.93. The zero-order valence-corrected chi connectivity index (χ0v) is 8.88. The molecule has 0 spiro atoms. The van der Waals surface area contributed by atoms with E-state index in [0.717, 1.165) is 5.56 Å². The van der Waals surface area contributed by atoms with Crippen molar-refractivity contribution in [3.8, 4) is 0 Å². The second kappa shape index (κ2) is 3.59. The van der Waals surface area contributed by atoms with Gasteiger partial charge in [0.05, 0.1) is 6.04 Å². The fraction of sp³-hybridized carbons (Fsp3) is 0.182. The van der Waals surface area contributed by atoms with Gasteiger partial charge >= 0.3 is 0 Å². The molecule has 0 aliphatic carbocycles. The maximum absolute atomic E-state index is 11.2. The molecule has 0 aromatic heterocycles. The summed E-state index contributed by atoms with van der Waals surface area (Å²) in [7, 11) is 0. The summed E-state index contributed by atoms with van der Waals surface area (Å²) in [4.78, 5) is 11.2. The molecule has 0 bridgehead atoms. The third kappa shape index (κ3) is 1.70. The standard InChI is InChI=1S/C11H10ClNO2/c1-6-9(13-11(15)10(6)14)7-2-4-8(12)5-3-7/h2-5,9,14H,1H3,(H,13,15). The summed E-state index contributed by atoms with van der Waals surface area (Å²) in [6, 6.07) is 6.93. The van der Waals surface area contributed by atoms with Crippen molar-refractivity contribution in [2.75, 3.05) is 0 Å². The maximum Gasteiger partial charge on any atom is 0.286 e. The summed E-state index contributed by atoms with van der Waals surface area (Å²) in [5, 5.41) is 12.7. The number of aliphatic hydroxyl groups excluding tert-OH is 1. The van der Waals surface area contributed by atoms with Crippen LogP contribution in [0.4, 0.5) is 0 Å². The fourth-order valence-electron chi connectivity index (χ4n) is 1.61. The van der Waals surface area contributed by atoms with E-state index in [1.54, 1.807) is 19.1 Å². The van der Waals surface area contributed by atoms with Gasteiger partial charge in [-0.2, -0.15) is 0 Å². The second-order valence-electron chi connectivity index (χ2n) is 3.49. The summed E-state index contributed by atoms with van der Waals surface area (Å²) in [6.07, 6.45) is 0. The van der Waals surface area contributed by atoms with Crippen LogP contribution in [-0.4, -0.2) is 11.0 Å². The van der Waals surface area contributed by atoms with Crippen molar-refractivity contribution in [3.63, 3.8) is 0 Å². The van der Waals surface area contributed by atoms with Gasteiger partial charge in [-0.05, 0) is 24.6 Å². The molecule has 0 saturated heterocycles. The minimum absolute atomic E-state index is 0.185. The van der Waals surface area contributed by atoms with Gasteiger partial charge in [0.2, 0.25) is 0 Å². The van der Waals surface area contributed by atoms with Crippen molar-refractivity contribution in [2.24, 2.45) is 0 Å². The summed E-state index contributed by atoms with van der Waals surface area (Å²) in [5.41, 5.74) is 1.55. The quantitative estimate of drug-likeness (QED) is 0.768. The van der Waals surface area contributed by atoms with Crippen LogP contribution >= 0.6 is 11.6 Å². The van der Waals surface area contributed by atoms with Crippen molar-refractivity contribution in [1.29, 1.82) is 0 Å². The van der Waals surface area contributed by atoms with Crippen molar-refractivity contribution in [3.05, 3.63) is 46.2 Å². The zero-order chi connectivity index (χ0) is 11.0. The van der Waals surface area contributed by atoms with Gasteiger partial charge in [0, 0.05) is 10.6 Å². The fourth-order valence-corrected chi connectivity index (χ4v) is 1.74. The monoisotopic (exact) mass is 223 g/mol. The molecule has 1 aromatic carbocycles. The molecule has 1 amide bonds. The molecule has 1 aliphatic rings. The molecule has 78 valence electrons. The molecule has 2 N–H and O–H groups in total. The van der Waals surface area contributed by atoms with E-state index < -0.39 is 5.91 Å². The van der Waals surface area contributed by atoms with Gasteiger partial charge in [0.25, 0.3) is 5.91 Å². The van der Waals surface area contributed by atoms with Crippen LogP contribution in [0.5, 0.6) is 0 Å². The first-order chi connectivity index (χ1) is 7.09. The lowest BCUT2D eigenvalue weighted by Gasteiger charge is -2.12. The number of benzene rings is 1. The lowest BCUT2D eigenvalue weighted by Crippen LogP contribution is -2.21.